The molecule has 1 aromatic carbocycles. The maximum absolute atomic E-state index is 12.4. The molecular weight excluding hydrogens is 288 g/mol. The number of thioether (sulfide) groups is 1. The molecule has 1 heterocycles. The van der Waals surface area contributed by atoms with Crippen molar-refractivity contribution >= 4 is 23.8 Å². The highest BCUT2D eigenvalue weighted by Crippen LogP contribution is 2.28. The Kier molecular flexibility index (Phi) is 5.12. The first kappa shape index (κ1) is 15.7. The molecule has 1 atom stereocenters. The van der Waals surface area contributed by atoms with Crippen molar-refractivity contribution in [3.8, 4) is 0 Å². The van der Waals surface area contributed by atoms with Crippen molar-refractivity contribution in [2.24, 2.45) is 0 Å². The summed E-state index contributed by atoms with van der Waals surface area (Å²) in [6.07, 6.45) is 2.00. The highest BCUT2D eigenvalue weighted by atomic mass is 32.2. The number of carbonyl (C=O) groups excluding carboxylic acids is 1. The second kappa shape index (κ2) is 6.85. The first-order valence-electron chi connectivity index (χ1n) is 6.84. The van der Waals surface area contributed by atoms with Crippen LogP contribution in [0, 0.1) is 0 Å². The zero-order valence-electron chi connectivity index (χ0n) is 12.3. The number of amides is 2. The molecule has 5 nitrogen and oxygen atoms in total. The van der Waals surface area contributed by atoms with Gasteiger partial charge in [-0.1, -0.05) is 24.3 Å². The normalized spacial score (nSPS) is 17.2. The molecule has 1 N–H and O–H groups in total. The first-order valence-corrected chi connectivity index (χ1v) is 8.23. The summed E-state index contributed by atoms with van der Waals surface area (Å²) in [5.41, 5.74) is 1.74. The van der Waals surface area contributed by atoms with E-state index < -0.39 is 11.9 Å². The van der Waals surface area contributed by atoms with Crippen LogP contribution in [-0.4, -0.2) is 59.1 Å². The average molecular weight is 308 g/mol. The van der Waals surface area contributed by atoms with Gasteiger partial charge in [-0.2, -0.15) is 11.8 Å². The van der Waals surface area contributed by atoms with E-state index in [4.69, 9.17) is 0 Å². The third-order valence-electron chi connectivity index (χ3n) is 3.72. The van der Waals surface area contributed by atoms with Crippen molar-refractivity contribution in [1.29, 1.82) is 0 Å². The van der Waals surface area contributed by atoms with Crippen molar-refractivity contribution in [3.05, 3.63) is 35.4 Å². The van der Waals surface area contributed by atoms with E-state index in [0.717, 1.165) is 16.9 Å². The number of nitrogens with zero attached hydrogens (tertiary/aromatic N) is 2. The minimum atomic E-state index is -0.883. The number of hydrogen-bond donors (Lipinski definition) is 1. The van der Waals surface area contributed by atoms with E-state index in [1.54, 1.807) is 28.6 Å². The summed E-state index contributed by atoms with van der Waals surface area (Å²) in [6, 6.07) is 7.35. The standard InChI is InChI=1S/C15H20N2O3S/c1-16(7-8-21-2)15(20)17-9-11-5-3-4-6-12(11)13(10-17)14(18)19/h3-6,13H,7-10H2,1-2H3,(H,18,19). The third-order valence-corrected chi connectivity index (χ3v) is 4.31. The van der Waals surface area contributed by atoms with Crippen molar-refractivity contribution in [2.45, 2.75) is 12.5 Å². The van der Waals surface area contributed by atoms with Crippen molar-refractivity contribution in [3.63, 3.8) is 0 Å². The number of benzene rings is 1. The van der Waals surface area contributed by atoms with Gasteiger partial charge in [0.15, 0.2) is 0 Å². The lowest BCUT2D eigenvalue weighted by Crippen LogP contribution is -2.46. The summed E-state index contributed by atoms with van der Waals surface area (Å²) in [7, 11) is 1.76. The molecule has 1 aliphatic heterocycles. The lowest BCUT2D eigenvalue weighted by Gasteiger charge is -2.35. The molecule has 1 aliphatic rings. The van der Waals surface area contributed by atoms with Crippen LogP contribution in [0.15, 0.2) is 24.3 Å². The topological polar surface area (TPSA) is 60.9 Å². The summed E-state index contributed by atoms with van der Waals surface area (Å²) in [5, 5.41) is 9.41. The van der Waals surface area contributed by atoms with Crippen LogP contribution in [0.3, 0.4) is 0 Å². The van der Waals surface area contributed by atoms with Crippen molar-refractivity contribution < 1.29 is 14.7 Å². The van der Waals surface area contributed by atoms with Gasteiger partial charge in [-0.25, -0.2) is 4.79 Å². The number of rotatable bonds is 4. The molecule has 1 unspecified atom stereocenters. The number of urea groups is 1. The fourth-order valence-corrected chi connectivity index (χ4v) is 2.99. The lowest BCUT2D eigenvalue weighted by molar-refractivity contribution is -0.139. The van der Waals surface area contributed by atoms with Gasteiger partial charge in [0.05, 0.1) is 5.92 Å². The number of carboxylic acids is 1. The molecule has 1 aromatic rings. The highest BCUT2D eigenvalue weighted by molar-refractivity contribution is 7.98. The van der Waals surface area contributed by atoms with E-state index in [2.05, 4.69) is 0 Å². The number of fused-ring (bicyclic) bond motifs is 1. The zero-order valence-corrected chi connectivity index (χ0v) is 13.1. The molecular formula is C15H20N2O3S. The molecule has 21 heavy (non-hydrogen) atoms. The van der Waals surface area contributed by atoms with Crippen molar-refractivity contribution in [2.75, 3.05) is 32.1 Å². The van der Waals surface area contributed by atoms with Gasteiger partial charge in [-0.3, -0.25) is 4.79 Å². The van der Waals surface area contributed by atoms with E-state index in [-0.39, 0.29) is 12.6 Å². The van der Waals surface area contributed by atoms with Gasteiger partial charge in [0.2, 0.25) is 0 Å². The number of hydrogen-bond acceptors (Lipinski definition) is 3. The van der Waals surface area contributed by atoms with Crippen LogP contribution in [0.25, 0.3) is 0 Å². The van der Waals surface area contributed by atoms with Gasteiger partial charge in [-0.05, 0) is 17.4 Å². The van der Waals surface area contributed by atoms with E-state index >= 15 is 0 Å². The molecule has 0 saturated carbocycles. The Balaban J connectivity index is 2.17. The van der Waals surface area contributed by atoms with Gasteiger partial charge in [0.1, 0.15) is 0 Å². The van der Waals surface area contributed by atoms with E-state index in [9.17, 15) is 14.7 Å². The van der Waals surface area contributed by atoms with E-state index in [0.29, 0.717) is 13.1 Å². The van der Waals surface area contributed by atoms with Gasteiger partial charge in [0, 0.05) is 32.4 Å². The molecule has 0 bridgehead atoms. The maximum Gasteiger partial charge on any atom is 0.320 e. The molecule has 2 rings (SSSR count). The summed E-state index contributed by atoms with van der Waals surface area (Å²) in [5.74, 6) is -0.658. The van der Waals surface area contributed by atoms with Crippen LogP contribution in [-0.2, 0) is 11.3 Å². The molecule has 0 fully saturated rings. The molecule has 2 amide bonds. The third kappa shape index (κ3) is 3.50. The molecule has 0 aromatic heterocycles. The Bertz CT molecular complexity index is 535. The Labute approximate surface area is 128 Å². The predicted molar refractivity (Wildman–Crippen MR) is 83.6 cm³/mol. The molecule has 0 aliphatic carbocycles. The molecule has 6 heteroatoms. The Hall–Kier alpha value is -1.69. The highest BCUT2D eigenvalue weighted by Gasteiger charge is 2.33. The van der Waals surface area contributed by atoms with Crippen LogP contribution in [0.2, 0.25) is 0 Å². The number of carbonyl (C=O) groups is 2. The van der Waals surface area contributed by atoms with Crippen LogP contribution >= 0.6 is 11.8 Å². The SMILES string of the molecule is CSCCN(C)C(=O)N1Cc2ccccc2C(C(=O)O)C1. The Morgan fingerprint density at radius 2 is 2.14 bits per heavy atom. The van der Waals surface area contributed by atoms with Gasteiger partial charge in [0.25, 0.3) is 0 Å². The van der Waals surface area contributed by atoms with Crippen LogP contribution in [0.5, 0.6) is 0 Å². The molecule has 0 saturated heterocycles. The summed E-state index contributed by atoms with van der Waals surface area (Å²) in [6.45, 7) is 1.37. The Morgan fingerprint density at radius 3 is 2.81 bits per heavy atom. The number of aliphatic carboxylic acids is 1. The monoisotopic (exact) mass is 308 g/mol. The zero-order chi connectivity index (χ0) is 15.4. The summed E-state index contributed by atoms with van der Waals surface area (Å²) in [4.78, 5) is 27.2. The Morgan fingerprint density at radius 1 is 1.43 bits per heavy atom. The minimum Gasteiger partial charge on any atom is -0.481 e. The fraction of sp³-hybridized carbons (Fsp3) is 0.467. The smallest absolute Gasteiger partial charge is 0.320 e. The van der Waals surface area contributed by atoms with Crippen LogP contribution < -0.4 is 0 Å². The van der Waals surface area contributed by atoms with E-state index in [1.807, 2.05) is 30.5 Å². The van der Waals surface area contributed by atoms with Crippen LogP contribution in [0.4, 0.5) is 4.79 Å². The fourth-order valence-electron chi connectivity index (χ4n) is 2.53. The lowest BCUT2D eigenvalue weighted by atomic mass is 9.90. The largest absolute Gasteiger partial charge is 0.481 e. The van der Waals surface area contributed by atoms with Crippen LogP contribution in [0.1, 0.15) is 17.0 Å². The summed E-state index contributed by atoms with van der Waals surface area (Å²) >= 11 is 1.68. The average Bonchev–Trinajstić information content (AvgIpc) is 2.50. The molecule has 0 spiro atoms. The maximum atomic E-state index is 12.4. The van der Waals surface area contributed by atoms with Gasteiger partial charge < -0.3 is 14.9 Å². The minimum absolute atomic E-state index is 0.107. The van der Waals surface area contributed by atoms with E-state index in [1.165, 1.54) is 0 Å². The molecule has 114 valence electrons. The summed E-state index contributed by atoms with van der Waals surface area (Å²) < 4.78 is 0. The number of carboxylic acid groups (broad SMARTS) is 1. The van der Waals surface area contributed by atoms with Gasteiger partial charge >= 0.3 is 12.0 Å². The first-order chi connectivity index (χ1) is 10.0. The second-order valence-corrected chi connectivity index (χ2v) is 6.15. The molecule has 0 radical (unpaired) electrons. The van der Waals surface area contributed by atoms with Crippen molar-refractivity contribution in [1.82, 2.24) is 9.80 Å². The second-order valence-electron chi connectivity index (χ2n) is 5.17. The quantitative estimate of drug-likeness (QED) is 0.925. The van der Waals surface area contributed by atoms with Gasteiger partial charge in [-0.15, -0.1) is 0 Å². The predicted octanol–water partition coefficient (Wildman–Crippen LogP) is 2.09.